The molecule has 3 aromatic rings. The summed E-state index contributed by atoms with van der Waals surface area (Å²) >= 11 is 0. The van der Waals surface area contributed by atoms with Crippen LogP contribution in [0.1, 0.15) is 49.7 Å². The van der Waals surface area contributed by atoms with Crippen LogP contribution in [0.4, 0.5) is 4.79 Å². The SMILES string of the molecule is COc1ccc(-c2[nH]c3ccc(C4CCN(C(=O)CNC(=O)O)CC4)cc3c2C(C)C)cc1OC. The van der Waals surface area contributed by atoms with E-state index in [4.69, 9.17) is 14.6 Å². The van der Waals surface area contributed by atoms with E-state index in [1.54, 1.807) is 19.1 Å². The second-order valence-electron chi connectivity index (χ2n) is 9.26. The standard InChI is InChI=1S/C27H33N3O5/c1-16(2)25-20-13-18(17-9-11-30(12-10-17)24(31)15-28-27(32)33)5-7-21(20)29-26(25)19-6-8-22(34-3)23(14-19)35-4/h5-8,13-14,16-17,28-29H,9-12,15H2,1-4H3,(H,32,33). The van der Waals surface area contributed by atoms with Crippen LogP contribution in [-0.4, -0.2) is 60.8 Å². The van der Waals surface area contributed by atoms with Gasteiger partial charge in [-0.05, 0) is 66.1 Å². The van der Waals surface area contributed by atoms with E-state index < -0.39 is 6.09 Å². The number of hydrogen-bond acceptors (Lipinski definition) is 4. The zero-order chi connectivity index (χ0) is 25.1. The number of methoxy groups -OCH3 is 2. The van der Waals surface area contributed by atoms with Gasteiger partial charge in [0.25, 0.3) is 0 Å². The van der Waals surface area contributed by atoms with Crippen LogP contribution >= 0.6 is 0 Å². The highest BCUT2D eigenvalue weighted by Crippen LogP contribution is 2.40. The number of carbonyl (C=O) groups is 2. The smallest absolute Gasteiger partial charge is 0.405 e. The Hall–Kier alpha value is -3.68. The third-order valence-corrected chi connectivity index (χ3v) is 6.82. The maximum absolute atomic E-state index is 12.2. The van der Waals surface area contributed by atoms with Crippen LogP contribution in [0.5, 0.6) is 11.5 Å². The molecule has 0 atom stereocenters. The quantitative estimate of drug-likeness (QED) is 0.445. The number of nitrogens with one attached hydrogen (secondary N) is 2. The summed E-state index contributed by atoms with van der Waals surface area (Å²) in [6, 6.07) is 12.6. The Kier molecular flexibility index (Phi) is 7.19. The lowest BCUT2D eigenvalue weighted by Gasteiger charge is -2.32. The van der Waals surface area contributed by atoms with E-state index in [0.717, 1.165) is 29.6 Å². The minimum Gasteiger partial charge on any atom is -0.493 e. The van der Waals surface area contributed by atoms with Crippen molar-refractivity contribution in [1.82, 2.24) is 15.2 Å². The largest absolute Gasteiger partial charge is 0.493 e. The summed E-state index contributed by atoms with van der Waals surface area (Å²) in [6.07, 6.45) is 0.532. The fraction of sp³-hybridized carbons (Fsp3) is 0.407. The number of likely N-dealkylation sites (tertiary alicyclic amines) is 1. The van der Waals surface area contributed by atoms with Gasteiger partial charge in [0.05, 0.1) is 19.9 Å². The van der Waals surface area contributed by atoms with Crippen molar-refractivity contribution in [2.75, 3.05) is 33.9 Å². The van der Waals surface area contributed by atoms with Crippen molar-refractivity contribution in [2.24, 2.45) is 0 Å². The predicted octanol–water partition coefficient (Wildman–Crippen LogP) is 4.95. The van der Waals surface area contributed by atoms with E-state index in [-0.39, 0.29) is 12.5 Å². The number of rotatable bonds is 7. The van der Waals surface area contributed by atoms with E-state index in [2.05, 4.69) is 42.3 Å². The third kappa shape index (κ3) is 5.06. The lowest BCUT2D eigenvalue weighted by Crippen LogP contribution is -2.43. The molecule has 35 heavy (non-hydrogen) atoms. The van der Waals surface area contributed by atoms with Crippen molar-refractivity contribution in [1.29, 1.82) is 0 Å². The van der Waals surface area contributed by atoms with E-state index in [0.29, 0.717) is 36.4 Å². The summed E-state index contributed by atoms with van der Waals surface area (Å²) in [5.74, 6) is 1.88. The molecule has 0 saturated carbocycles. The summed E-state index contributed by atoms with van der Waals surface area (Å²) in [5.41, 5.74) is 5.76. The van der Waals surface area contributed by atoms with E-state index in [9.17, 15) is 9.59 Å². The summed E-state index contributed by atoms with van der Waals surface area (Å²) in [6.45, 7) is 5.49. The van der Waals surface area contributed by atoms with Crippen molar-refractivity contribution in [3.63, 3.8) is 0 Å². The van der Waals surface area contributed by atoms with Crippen LogP contribution in [0.2, 0.25) is 0 Å². The molecule has 0 radical (unpaired) electrons. The molecule has 3 N–H and O–H groups in total. The number of aromatic amines is 1. The number of fused-ring (bicyclic) bond motifs is 1. The first-order chi connectivity index (χ1) is 16.8. The molecule has 8 nitrogen and oxygen atoms in total. The van der Waals surface area contributed by atoms with Crippen molar-refractivity contribution >= 4 is 22.9 Å². The molecule has 1 aromatic heterocycles. The number of carbonyl (C=O) groups excluding carboxylic acids is 1. The molecule has 1 aliphatic rings. The van der Waals surface area contributed by atoms with E-state index >= 15 is 0 Å². The van der Waals surface area contributed by atoms with Crippen LogP contribution < -0.4 is 14.8 Å². The van der Waals surface area contributed by atoms with Gasteiger partial charge in [-0.15, -0.1) is 0 Å². The first kappa shape index (κ1) is 24.4. The normalized spacial score (nSPS) is 14.4. The van der Waals surface area contributed by atoms with Crippen LogP contribution in [0.25, 0.3) is 22.2 Å². The molecule has 1 saturated heterocycles. The number of aromatic nitrogens is 1. The molecule has 0 spiro atoms. The van der Waals surface area contributed by atoms with E-state index in [1.807, 2.05) is 18.2 Å². The lowest BCUT2D eigenvalue weighted by molar-refractivity contribution is -0.131. The molecule has 186 valence electrons. The molecule has 0 unspecified atom stereocenters. The Bertz CT molecular complexity index is 1230. The fourth-order valence-corrected chi connectivity index (χ4v) is 5.03. The van der Waals surface area contributed by atoms with Crippen molar-refractivity contribution in [3.05, 3.63) is 47.5 Å². The van der Waals surface area contributed by atoms with Gasteiger partial charge in [-0.25, -0.2) is 4.79 Å². The molecular formula is C27H33N3O5. The van der Waals surface area contributed by atoms with Gasteiger partial charge in [0.2, 0.25) is 5.91 Å². The number of carboxylic acid groups (broad SMARTS) is 1. The Labute approximate surface area is 205 Å². The van der Waals surface area contributed by atoms with Crippen LogP contribution in [0, 0.1) is 0 Å². The Balaban J connectivity index is 1.60. The maximum Gasteiger partial charge on any atom is 0.405 e. The molecular weight excluding hydrogens is 446 g/mol. The Morgan fingerprint density at radius 2 is 1.80 bits per heavy atom. The summed E-state index contributed by atoms with van der Waals surface area (Å²) < 4.78 is 10.9. The second-order valence-corrected chi connectivity index (χ2v) is 9.26. The number of ether oxygens (including phenoxy) is 2. The molecule has 4 rings (SSSR count). The molecule has 0 aliphatic carbocycles. The van der Waals surface area contributed by atoms with E-state index in [1.165, 1.54) is 16.5 Å². The number of nitrogens with zero attached hydrogens (tertiary/aromatic N) is 1. The third-order valence-electron chi connectivity index (χ3n) is 6.82. The van der Waals surface area contributed by atoms with Gasteiger partial charge in [0.15, 0.2) is 11.5 Å². The topological polar surface area (TPSA) is 104 Å². The highest BCUT2D eigenvalue weighted by atomic mass is 16.5. The highest BCUT2D eigenvalue weighted by Gasteiger charge is 2.25. The highest BCUT2D eigenvalue weighted by molar-refractivity contribution is 5.92. The second kappa shape index (κ2) is 10.3. The molecule has 2 amide bonds. The van der Waals surface area contributed by atoms with Gasteiger partial charge >= 0.3 is 6.09 Å². The van der Waals surface area contributed by atoms with Gasteiger partial charge in [-0.3, -0.25) is 4.79 Å². The number of hydrogen-bond donors (Lipinski definition) is 3. The zero-order valence-corrected chi connectivity index (χ0v) is 20.7. The average molecular weight is 480 g/mol. The average Bonchev–Trinajstić information content (AvgIpc) is 3.26. The molecule has 2 aromatic carbocycles. The number of piperidine rings is 1. The van der Waals surface area contributed by atoms with Crippen molar-refractivity contribution in [3.8, 4) is 22.8 Å². The number of benzene rings is 2. The lowest BCUT2D eigenvalue weighted by atomic mass is 9.87. The number of H-pyrrole nitrogens is 1. The van der Waals surface area contributed by atoms with Gasteiger partial charge in [0.1, 0.15) is 6.54 Å². The zero-order valence-electron chi connectivity index (χ0n) is 20.7. The minimum atomic E-state index is -1.18. The minimum absolute atomic E-state index is 0.173. The molecule has 2 heterocycles. The molecule has 0 bridgehead atoms. The van der Waals surface area contributed by atoms with Crippen LogP contribution in [-0.2, 0) is 4.79 Å². The van der Waals surface area contributed by atoms with Crippen LogP contribution in [0.15, 0.2) is 36.4 Å². The maximum atomic E-state index is 12.2. The summed E-state index contributed by atoms with van der Waals surface area (Å²) in [5, 5.41) is 12.1. The summed E-state index contributed by atoms with van der Waals surface area (Å²) in [7, 11) is 3.28. The Morgan fingerprint density at radius 3 is 2.43 bits per heavy atom. The van der Waals surface area contributed by atoms with Gasteiger partial charge in [0, 0.05) is 29.6 Å². The fourth-order valence-electron chi connectivity index (χ4n) is 5.03. The first-order valence-corrected chi connectivity index (χ1v) is 11.9. The van der Waals surface area contributed by atoms with Gasteiger partial charge in [-0.1, -0.05) is 19.9 Å². The van der Waals surface area contributed by atoms with Crippen molar-refractivity contribution < 1.29 is 24.2 Å². The molecule has 1 aliphatic heterocycles. The van der Waals surface area contributed by atoms with Gasteiger partial charge < -0.3 is 29.8 Å². The van der Waals surface area contributed by atoms with Gasteiger partial charge in [-0.2, -0.15) is 0 Å². The Morgan fingerprint density at radius 1 is 1.09 bits per heavy atom. The summed E-state index contributed by atoms with van der Waals surface area (Å²) in [4.78, 5) is 28.3. The monoisotopic (exact) mass is 479 g/mol. The molecule has 1 fully saturated rings. The first-order valence-electron chi connectivity index (χ1n) is 11.9. The predicted molar refractivity (Wildman–Crippen MR) is 136 cm³/mol. The van der Waals surface area contributed by atoms with Crippen LogP contribution in [0.3, 0.4) is 0 Å². The number of amides is 2. The molecule has 8 heteroatoms. The van der Waals surface area contributed by atoms with Crippen molar-refractivity contribution in [2.45, 2.75) is 38.5 Å².